The highest BCUT2D eigenvalue weighted by Gasteiger charge is 2.37. The van der Waals surface area contributed by atoms with Gasteiger partial charge in [-0.15, -0.1) is 0 Å². The van der Waals surface area contributed by atoms with Crippen molar-refractivity contribution >= 4 is 5.97 Å². The third kappa shape index (κ3) is 0.891. The van der Waals surface area contributed by atoms with Crippen molar-refractivity contribution in [2.45, 2.75) is 6.92 Å². The van der Waals surface area contributed by atoms with Crippen LogP contribution in [0.3, 0.4) is 0 Å². The second-order valence-electron chi connectivity index (χ2n) is 3.17. The smallest absolute Gasteiger partial charge is 0.334 e. The van der Waals surface area contributed by atoms with Gasteiger partial charge in [-0.05, 0) is 12.2 Å². The molecule has 2 rings (SSSR count). The van der Waals surface area contributed by atoms with Crippen LogP contribution in [0.1, 0.15) is 6.92 Å². The molecule has 2 unspecified atom stereocenters. The summed E-state index contributed by atoms with van der Waals surface area (Å²) in [5.74, 6) is -0.739. The summed E-state index contributed by atoms with van der Waals surface area (Å²) in [6, 6.07) is 0. The van der Waals surface area contributed by atoms with Crippen LogP contribution in [0, 0.1) is 11.8 Å². The van der Waals surface area contributed by atoms with Gasteiger partial charge in [0.2, 0.25) is 0 Å². The van der Waals surface area contributed by atoms with Crippen molar-refractivity contribution in [1.29, 1.82) is 0 Å². The molecule has 3 heteroatoms. The number of hydrogen-bond donors (Lipinski definition) is 0. The van der Waals surface area contributed by atoms with Crippen molar-refractivity contribution in [2.75, 3.05) is 6.61 Å². The predicted octanol–water partition coefficient (Wildman–Crippen LogP) is 1.59. The highest BCUT2D eigenvalue weighted by Crippen LogP contribution is 2.36. The zero-order chi connectivity index (χ0) is 8.72. The lowest BCUT2D eigenvalue weighted by Crippen LogP contribution is -2.17. The summed E-state index contributed by atoms with van der Waals surface area (Å²) in [4.78, 5) is 11.0. The second-order valence-corrected chi connectivity index (χ2v) is 3.17. The predicted molar refractivity (Wildman–Crippen MR) is 40.9 cm³/mol. The first-order valence-corrected chi connectivity index (χ1v) is 3.94. The van der Waals surface area contributed by atoms with Gasteiger partial charge < -0.3 is 4.74 Å². The normalized spacial score (nSPS) is 33.7. The van der Waals surface area contributed by atoms with Crippen LogP contribution in [0.2, 0.25) is 0 Å². The average molecular weight is 168 g/mol. The SMILES string of the molecule is CC1C(F)=CC=C2C(=O)OCC21. The summed E-state index contributed by atoms with van der Waals surface area (Å²) in [6.07, 6.45) is 2.87. The fourth-order valence-corrected chi connectivity index (χ4v) is 1.61. The van der Waals surface area contributed by atoms with E-state index in [9.17, 15) is 9.18 Å². The maximum atomic E-state index is 13.0. The maximum absolute atomic E-state index is 13.0. The van der Waals surface area contributed by atoms with Crippen molar-refractivity contribution in [2.24, 2.45) is 11.8 Å². The van der Waals surface area contributed by atoms with E-state index in [1.54, 1.807) is 6.92 Å². The van der Waals surface area contributed by atoms with E-state index < -0.39 is 0 Å². The van der Waals surface area contributed by atoms with Gasteiger partial charge in [-0.3, -0.25) is 0 Å². The fourth-order valence-electron chi connectivity index (χ4n) is 1.61. The minimum atomic E-state index is -0.296. The van der Waals surface area contributed by atoms with Crippen molar-refractivity contribution in [1.82, 2.24) is 0 Å². The Balaban J connectivity index is 2.37. The Kier molecular flexibility index (Phi) is 1.53. The number of carbonyl (C=O) groups excluding carboxylic acids is 1. The minimum absolute atomic E-state index is 0.0671. The molecule has 1 heterocycles. The highest BCUT2D eigenvalue weighted by molar-refractivity contribution is 5.91. The number of hydrogen-bond acceptors (Lipinski definition) is 2. The van der Waals surface area contributed by atoms with E-state index in [4.69, 9.17) is 4.74 Å². The van der Waals surface area contributed by atoms with Gasteiger partial charge in [0.15, 0.2) is 0 Å². The van der Waals surface area contributed by atoms with Gasteiger partial charge in [0.05, 0.1) is 6.61 Å². The molecular formula is C9H9FO2. The van der Waals surface area contributed by atoms with Gasteiger partial charge in [0, 0.05) is 17.4 Å². The van der Waals surface area contributed by atoms with E-state index in [2.05, 4.69) is 0 Å². The zero-order valence-electron chi connectivity index (χ0n) is 6.71. The van der Waals surface area contributed by atoms with Crippen molar-refractivity contribution in [3.05, 3.63) is 23.6 Å². The molecule has 1 aliphatic heterocycles. The Morgan fingerprint density at radius 3 is 3.08 bits per heavy atom. The first-order chi connectivity index (χ1) is 5.70. The molecule has 0 aromatic rings. The molecule has 0 amide bonds. The van der Waals surface area contributed by atoms with Gasteiger partial charge >= 0.3 is 5.97 Å². The molecule has 2 nitrogen and oxygen atoms in total. The molecule has 0 bridgehead atoms. The number of cyclic esters (lactones) is 1. The number of fused-ring (bicyclic) bond motifs is 1. The van der Waals surface area contributed by atoms with Crippen molar-refractivity contribution < 1.29 is 13.9 Å². The van der Waals surface area contributed by atoms with Gasteiger partial charge in [-0.25, -0.2) is 9.18 Å². The van der Waals surface area contributed by atoms with Crippen LogP contribution in [0.5, 0.6) is 0 Å². The Morgan fingerprint density at radius 2 is 2.33 bits per heavy atom. The Morgan fingerprint density at radius 1 is 1.58 bits per heavy atom. The maximum Gasteiger partial charge on any atom is 0.334 e. The zero-order valence-corrected chi connectivity index (χ0v) is 6.71. The summed E-state index contributed by atoms with van der Waals surface area (Å²) in [7, 11) is 0. The molecule has 0 aromatic heterocycles. The molecule has 0 spiro atoms. The molecule has 0 aromatic carbocycles. The largest absolute Gasteiger partial charge is 0.462 e. The molecule has 2 atom stereocenters. The molecule has 1 fully saturated rings. The summed E-state index contributed by atoms with van der Waals surface area (Å²) in [5.41, 5.74) is 0.615. The lowest BCUT2D eigenvalue weighted by molar-refractivity contribution is -0.135. The van der Waals surface area contributed by atoms with Crippen LogP contribution in [0.15, 0.2) is 23.6 Å². The van der Waals surface area contributed by atoms with Crippen LogP contribution in [-0.2, 0) is 9.53 Å². The Bertz CT molecular complexity index is 291. The number of ether oxygens (including phenoxy) is 1. The molecule has 1 aliphatic carbocycles. The van der Waals surface area contributed by atoms with Crippen molar-refractivity contribution in [3.63, 3.8) is 0 Å². The lowest BCUT2D eigenvalue weighted by atomic mass is 9.85. The highest BCUT2D eigenvalue weighted by atomic mass is 19.1. The standard InChI is InChI=1S/C9H9FO2/c1-5-7-4-12-9(11)6(7)2-3-8(5)10/h2-3,5,7H,4H2,1H3. The fraction of sp³-hybridized carbons (Fsp3) is 0.444. The lowest BCUT2D eigenvalue weighted by Gasteiger charge is -2.18. The topological polar surface area (TPSA) is 26.3 Å². The van der Waals surface area contributed by atoms with Crippen LogP contribution in [0.25, 0.3) is 0 Å². The third-order valence-corrected chi connectivity index (χ3v) is 2.49. The van der Waals surface area contributed by atoms with Gasteiger partial charge in [0.25, 0.3) is 0 Å². The Labute approximate surface area is 69.7 Å². The third-order valence-electron chi connectivity index (χ3n) is 2.49. The van der Waals surface area contributed by atoms with Crippen molar-refractivity contribution in [3.8, 4) is 0 Å². The Hall–Kier alpha value is -1.12. The molecule has 1 saturated heterocycles. The number of esters is 1. The number of rotatable bonds is 0. The monoisotopic (exact) mass is 168 g/mol. The number of allylic oxidation sites excluding steroid dienone is 3. The van der Waals surface area contributed by atoms with Gasteiger partial charge in [-0.2, -0.15) is 0 Å². The first kappa shape index (κ1) is 7.53. The summed E-state index contributed by atoms with van der Waals surface area (Å²) in [6.45, 7) is 2.10. The van der Waals surface area contributed by atoms with E-state index in [0.29, 0.717) is 12.2 Å². The van der Waals surface area contributed by atoms with Gasteiger partial charge in [-0.1, -0.05) is 6.92 Å². The molecule has 12 heavy (non-hydrogen) atoms. The molecule has 64 valence electrons. The van der Waals surface area contributed by atoms with Crippen LogP contribution in [0.4, 0.5) is 4.39 Å². The molecule has 0 radical (unpaired) electrons. The van der Waals surface area contributed by atoms with E-state index >= 15 is 0 Å². The van der Waals surface area contributed by atoms with E-state index in [0.717, 1.165) is 0 Å². The van der Waals surface area contributed by atoms with Crippen LogP contribution < -0.4 is 0 Å². The first-order valence-electron chi connectivity index (χ1n) is 3.94. The molecule has 0 N–H and O–H groups in total. The summed E-state index contributed by atoms with van der Waals surface area (Å²) < 4.78 is 17.8. The minimum Gasteiger partial charge on any atom is -0.462 e. The van der Waals surface area contributed by atoms with E-state index in [1.807, 2.05) is 0 Å². The molecule has 2 aliphatic rings. The van der Waals surface area contributed by atoms with Crippen LogP contribution in [-0.4, -0.2) is 12.6 Å². The van der Waals surface area contributed by atoms with Crippen LogP contribution >= 0.6 is 0 Å². The quantitative estimate of drug-likeness (QED) is 0.513. The molecular weight excluding hydrogens is 159 g/mol. The summed E-state index contributed by atoms with van der Waals surface area (Å²) in [5, 5.41) is 0. The average Bonchev–Trinajstić information content (AvgIpc) is 2.41. The second kappa shape index (κ2) is 2.44. The summed E-state index contributed by atoms with van der Waals surface area (Å²) >= 11 is 0. The van der Waals surface area contributed by atoms with E-state index in [-0.39, 0.29) is 23.6 Å². The number of halogens is 1. The van der Waals surface area contributed by atoms with E-state index in [1.165, 1.54) is 12.2 Å². The number of carbonyl (C=O) groups is 1. The van der Waals surface area contributed by atoms with Gasteiger partial charge in [0.1, 0.15) is 5.83 Å². The molecule has 0 saturated carbocycles.